The van der Waals surface area contributed by atoms with Gasteiger partial charge in [-0.2, -0.15) is 0 Å². The summed E-state index contributed by atoms with van der Waals surface area (Å²) in [6, 6.07) is 57.5. The topological polar surface area (TPSA) is 3.24 Å². The molecule has 1 heteroatoms. The maximum Gasteiger partial charge on any atom is 0.0540 e. The molecule has 0 aromatic heterocycles. The highest BCUT2D eigenvalue weighted by Gasteiger charge is 2.56. The van der Waals surface area contributed by atoms with Crippen LogP contribution in [0.5, 0.6) is 0 Å². The van der Waals surface area contributed by atoms with Gasteiger partial charge in [-0.15, -0.1) is 0 Å². The van der Waals surface area contributed by atoms with Crippen molar-refractivity contribution in [3.8, 4) is 33.4 Å². The number of rotatable bonds is 4. The van der Waals surface area contributed by atoms with Crippen LogP contribution in [0.15, 0.2) is 152 Å². The second kappa shape index (κ2) is 10.6. The van der Waals surface area contributed by atoms with Crippen LogP contribution >= 0.6 is 0 Å². The summed E-state index contributed by atoms with van der Waals surface area (Å²) in [4.78, 5) is 2.57. The van der Waals surface area contributed by atoms with Crippen LogP contribution in [-0.2, 0) is 10.8 Å². The molecule has 7 aromatic rings. The minimum atomic E-state index is -0.0838. The summed E-state index contributed by atoms with van der Waals surface area (Å²) in [5.41, 5.74) is 17.8. The largest absolute Gasteiger partial charge is 0.310 e. The predicted octanol–water partition coefficient (Wildman–Crippen LogP) is 13.4. The number of hydrogen-bond acceptors (Lipinski definition) is 1. The Bertz CT molecular complexity index is 2540. The van der Waals surface area contributed by atoms with Gasteiger partial charge in [0, 0.05) is 27.6 Å². The van der Waals surface area contributed by atoms with Crippen LogP contribution in [-0.4, -0.2) is 0 Å². The molecule has 2 fully saturated rings. The summed E-state index contributed by atoms with van der Waals surface area (Å²) >= 11 is 0. The lowest BCUT2D eigenvalue weighted by molar-refractivity contribution is 0.327. The summed E-state index contributed by atoms with van der Waals surface area (Å²) in [5, 5.41) is 2.54. The molecule has 11 rings (SSSR count). The summed E-state index contributed by atoms with van der Waals surface area (Å²) < 4.78 is 0. The van der Waals surface area contributed by atoms with Crippen LogP contribution in [0.25, 0.3) is 44.2 Å². The number of anilines is 3. The van der Waals surface area contributed by atoms with Crippen molar-refractivity contribution in [3.05, 3.63) is 174 Å². The zero-order chi connectivity index (χ0) is 33.9. The summed E-state index contributed by atoms with van der Waals surface area (Å²) in [5.74, 6) is 1.56. The molecule has 7 aromatic carbocycles. The van der Waals surface area contributed by atoms with Crippen LogP contribution in [0.3, 0.4) is 0 Å². The fraction of sp³-hybridized carbons (Fsp3) is 0.200. The fourth-order valence-electron chi connectivity index (χ4n) is 11.1. The van der Waals surface area contributed by atoms with E-state index in [-0.39, 0.29) is 10.8 Å². The van der Waals surface area contributed by atoms with Crippen molar-refractivity contribution in [2.24, 2.45) is 11.8 Å². The minimum Gasteiger partial charge on any atom is -0.310 e. The van der Waals surface area contributed by atoms with Gasteiger partial charge in [0.25, 0.3) is 0 Å². The number of fused-ring (bicyclic) bond motifs is 12. The Balaban J connectivity index is 1.16. The molecular formula is C50H41N. The van der Waals surface area contributed by atoms with Gasteiger partial charge >= 0.3 is 0 Å². The van der Waals surface area contributed by atoms with Crippen molar-refractivity contribution in [1.82, 2.24) is 0 Å². The van der Waals surface area contributed by atoms with E-state index in [1.54, 1.807) is 11.1 Å². The van der Waals surface area contributed by atoms with Crippen LogP contribution < -0.4 is 4.90 Å². The lowest BCUT2D eigenvalue weighted by Crippen LogP contribution is -2.32. The molecule has 0 saturated heterocycles. The van der Waals surface area contributed by atoms with E-state index >= 15 is 0 Å². The molecule has 0 aliphatic heterocycles. The highest BCUT2D eigenvalue weighted by molar-refractivity contribution is 6.06. The molecular weight excluding hydrogens is 615 g/mol. The van der Waals surface area contributed by atoms with E-state index in [0.29, 0.717) is 0 Å². The molecule has 0 amide bonds. The summed E-state index contributed by atoms with van der Waals surface area (Å²) in [6.07, 6.45) is 5.39. The first-order valence-corrected chi connectivity index (χ1v) is 18.9. The molecule has 2 saturated carbocycles. The summed E-state index contributed by atoms with van der Waals surface area (Å²) in [6.45, 7) is 4.78. The lowest BCUT2D eigenvalue weighted by atomic mass is 9.67. The predicted molar refractivity (Wildman–Crippen MR) is 213 cm³/mol. The molecule has 4 aliphatic carbocycles. The third-order valence-electron chi connectivity index (χ3n) is 13.3. The first-order chi connectivity index (χ1) is 25.0. The Morgan fingerprint density at radius 3 is 1.80 bits per heavy atom. The molecule has 2 bridgehead atoms. The van der Waals surface area contributed by atoms with Gasteiger partial charge < -0.3 is 4.90 Å². The van der Waals surface area contributed by atoms with Crippen LogP contribution in [0.1, 0.15) is 61.8 Å². The molecule has 3 atom stereocenters. The second-order valence-corrected chi connectivity index (χ2v) is 16.1. The van der Waals surface area contributed by atoms with Gasteiger partial charge in [0.15, 0.2) is 0 Å². The third-order valence-corrected chi connectivity index (χ3v) is 13.3. The molecule has 0 N–H and O–H groups in total. The van der Waals surface area contributed by atoms with E-state index in [1.807, 2.05) is 0 Å². The van der Waals surface area contributed by atoms with E-state index in [4.69, 9.17) is 0 Å². The van der Waals surface area contributed by atoms with Gasteiger partial charge in [0.1, 0.15) is 0 Å². The Labute approximate surface area is 301 Å². The monoisotopic (exact) mass is 655 g/mol. The lowest BCUT2D eigenvalue weighted by Gasteiger charge is -2.37. The zero-order valence-electron chi connectivity index (χ0n) is 29.4. The van der Waals surface area contributed by atoms with Crippen molar-refractivity contribution in [2.45, 2.75) is 50.4 Å². The maximum atomic E-state index is 2.60. The maximum absolute atomic E-state index is 2.60. The average Bonchev–Trinajstić information content (AvgIpc) is 3.92. The van der Waals surface area contributed by atoms with E-state index in [0.717, 1.165) is 11.8 Å². The van der Waals surface area contributed by atoms with Crippen molar-refractivity contribution < 1.29 is 0 Å². The first kappa shape index (κ1) is 29.3. The van der Waals surface area contributed by atoms with Crippen molar-refractivity contribution in [1.29, 1.82) is 0 Å². The first-order valence-electron chi connectivity index (χ1n) is 18.9. The van der Waals surface area contributed by atoms with E-state index in [2.05, 4.69) is 170 Å². The highest BCUT2D eigenvalue weighted by Crippen LogP contribution is 2.66. The molecule has 51 heavy (non-hydrogen) atoms. The quantitative estimate of drug-likeness (QED) is 0.182. The van der Waals surface area contributed by atoms with Gasteiger partial charge in [-0.1, -0.05) is 142 Å². The van der Waals surface area contributed by atoms with Crippen LogP contribution in [0.2, 0.25) is 0 Å². The summed E-state index contributed by atoms with van der Waals surface area (Å²) in [7, 11) is 0. The van der Waals surface area contributed by atoms with Gasteiger partial charge in [-0.25, -0.2) is 0 Å². The standard InChI is InChI=1S/C50H41N/c1-49(2)44-18-10-8-15-39(44)41-24-22-35(29-46(41)49)51(48-27-26-37(33-12-4-3-5-13-33)38-14-6-7-17-43(38)48)36-23-25-42-40-16-9-11-19-45(40)50(47(42)30-36)31-32-20-21-34(50)28-32/h3-19,22-27,29-30,32,34H,20-21,28,31H2,1-2H3. The number of nitrogens with zero attached hydrogens (tertiary/aromatic N) is 1. The number of hydrogen-bond donors (Lipinski definition) is 0. The van der Waals surface area contributed by atoms with Crippen LogP contribution in [0.4, 0.5) is 17.1 Å². The average molecular weight is 656 g/mol. The Kier molecular flexibility index (Phi) is 6.08. The Hall–Kier alpha value is -5.40. The second-order valence-electron chi connectivity index (χ2n) is 16.1. The van der Waals surface area contributed by atoms with Gasteiger partial charge in [0.05, 0.1) is 5.69 Å². The van der Waals surface area contributed by atoms with Gasteiger partial charge in [0.2, 0.25) is 0 Å². The molecule has 1 nitrogen and oxygen atoms in total. The highest BCUT2D eigenvalue weighted by atomic mass is 15.1. The minimum absolute atomic E-state index is 0.0838. The van der Waals surface area contributed by atoms with E-state index in [9.17, 15) is 0 Å². The molecule has 4 aliphatic rings. The third kappa shape index (κ3) is 3.98. The molecule has 3 unspecified atom stereocenters. The SMILES string of the molecule is CC1(C)c2ccccc2-c2ccc(N(c3ccc4c(c3)C3(CC5CCC3C5)c3ccccc3-4)c3ccc(-c4ccccc4)c4ccccc34)cc21. The Morgan fingerprint density at radius 1 is 0.490 bits per heavy atom. The normalized spacial score (nSPS) is 21.5. The fourth-order valence-corrected chi connectivity index (χ4v) is 11.1. The van der Waals surface area contributed by atoms with Gasteiger partial charge in [-0.3, -0.25) is 0 Å². The van der Waals surface area contributed by atoms with Gasteiger partial charge in [-0.05, 0) is 122 Å². The molecule has 246 valence electrons. The van der Waals surface area contributed by atoms with Crippen molar-refractivity contribution in [2.75, 3.05) is 4.90 Å². The molecule has 1 spiro atoms. The van der Waals surface area contributed by atoms with E-state index in [1.165, 1.54) is 98.0 Å². The zero-order valence-corrected chi connectivity index (χ0v) is 29.4. The molecule has 0 heterocycles. The number of benzene rings is 7. The van der Waals surface area contributed by atoms with Crippen LogP contribution in [0, 0.1) is 11.8 Å². The van der Waals surface area contributed by atoms with Crippen molar-refractivity contribution >= 4 is 27.8 Å². The van der Waals surface area contributed by atoms with Crippen molar-refractivity contribution in [3.63, 3.8) is 0 Å². The van der Waals surface area contributed by atoms with E-state index < -0.39 is 0 Å². The molecule has 0 radical (unpaired) electrons. The Morgan fingerprint density at radius 2 is 1.08 bits per heavy atom. The smallest absolute Gasteiger partial charge is 0.0540 e.